The van der Waals surface area contributed by atoms with Gasteiger partial charge in [0.25, 0.3) is 0 Å². The van der Waals surface area contributed by atoms with Crippen molar-refractivity contribution in [1.29, 1.82) is 0 Å². The predicted molar refractivity (Wildman–Crippen MR) is 46.5 cm³/mol. The molecule has 1 aliphatic heterocycles. The Morgan fingerprint density at radius 1 is 1.73 bits per heavy atom. The molecule has 1 unspecified atom stereocenters. The van der Waals surface area contributed by atoms with Crippen molar-refractivity contribution in [2.45, 2.75) is 25.8 Å². The molecule has 0 bridgehead atoms. The first kappa shape index (κ1) is 6.65. The molecule has 2 heteroatoms. The molecule has 0 spiro atoms. The molecule has 2 nitrogen and oxygen atoms in total. The molecule has 1 aliphatic carbocycles. The molecule has 11 heavy (non-hydrogen) atoms. The lowest BCUT2D eigenvalue weighted by atomic mass is 10.1. The first-order valence-corrected chi connectivity index (χ1v) is 4.10. The van der Waals surface area contributed by atoms with Crippen molar-refractivity contribution >= 4 is 5.84 Å². The van der Waals surface area contributed by atoms with Gasteiger partial charge in [-0.2, -0.15) is 0 Å². The molecule has 1 heterocycles. The second-order valence-corrected chi connectivity index (χ2v) is 2.86. The minimum atomic E-state index is 0.398. The van der Waals surface area contributed by atoms with Crippen LogP contribution in [0.3, 0.4) is 0 Å². The van der Waals surface area contributed by atoms with Crippen LogP contribution < -0.4 is 5.32 Å². The molecule has 58 valence electrons. The lowest BCUT2D eigenvalue weighted by Crippen LogP contribution is -2.18. The topological polar surface area (TPSA) is 24.4 Å². The van der Waals surface area contributed by atoms with Crippen molar-refractivity contribution in [3.05, 3.63) is 23.9 Å². The molecular weight excluding hydrogens is 136 g/mol. The van der Waals surface area contributed by atoms with E-state index in [9.17, 15) is 0 Å². The highest BCUT2D eigenvalue weighted by Gasteiger charge is 2.20. The molecule has 0 fully saturated rings. The number of hydrogen-bond donors (Lipinski definition) is 1. The fraction of sp³-hybridized carbons (Fsp3) is 0.444. The normalized spacial score (nSPS) is 27.2. The minimum Gasteiger partial charge on any atom is -0.346 e. The average Bonchev–Trinajstić information content (AvgIpc) is 2.46. The Bertz CT molecular complexity index is 248. The molecular formula is C9H12N2. The van der Waals surface area contributed by atoms with Gasteiger partial charge in [0.2, 0.25) is 0 Å². The monoisotopic (exact) mass is 148 g/mol. The van der Waals surface area contributed by atoms with Gasteiger partial charge in [-0.3, -0.25) is 4.99 Å². The van der Waals surface area contributed by atoms with E-state index in [0.29, 0.717) is 6.04 Å². The molecule has 0 aromatic heterocycles. The number of allylic oxidation sites excluding steroid dienone is 2. The smallest absolute Gasteiger partial charge is 0.101 e. The van der Waals surface area contributed by atoms with Gasteiger partial charge in [-0.15, -0.1) is 0 Å². The SMILES string of the molecule is CCC1=NC2CC=CC=C2N1. The average molecular weight is 148 g/mol. The van der Waals surface area contributed by atoms with Crippen LogP contribution in [0.25, 0.3) is 0 Å². The Kier molecular flexibility index (Phi) is 1.53. The minimum absolute atomic E-state index is 0.398. The highest BCUT2D eigenvalue weighted by atomic mass is 15.1. The van der Waals surface area contributed by atoms with Crippen LogP contribution in [0.1, 0.15) is 19.8 Å². The number of aliphatic imine (C=N–C) groups is 1. The number of nitrogens with zero attached hydrogens (tertiary/aromatic N) is 1. The Morgan fingerprint density at radius 3 is 3.36 bits per heavy atom. The van der Waals surface area contributed by atoms with E-state index < -0.39 is 0 Å². The number of rotatable bonds is 1. The first-order chi connectivity index (χ1) is 5.40. The molecule has 1 atom stereocenters. The van der Waals surface area contributed by atoms with Gasteiger partial charge in [-0.1, -0.05) is 19.1 Å². The second kappa shape index (κ2) is 2.53. The third-order valence-electron chi connectivity index (χ3n) is 2.07. The van der Waals surface area contributed by atoms with Gasteiger partial charge in [-0.25, -0.2) is 0 Å². The summed E-state index contributed by atoms with van der Waals surface area (Å²) >= 11 is 0. The largest absolute Gasteiger partial charge is 0.346 e. The van der Waals surface area contributed by atoms with Crippen molar-refractivity contribution in [3.63, 3.8) is 0 Å². The van der Waals surface area contributed by atoms with Crippen molar-refractivity contribution in [2.24, 2.45) is 4.99 Å². The van der Waals surface area contributed by atoms with E-state index in [2.05, 4.69) is 35.5 Å². The highest BCUT2D eigenvalue weighted by molar-refractivity contribution is 5.86. The summed E-state index contributed by atoms with van der Waals surface area (Å²) in [5, 5.41) is 3.30. The summed E-state index contributed by atoms with van der Waals surface area (Å²) in [6, 6.07) is 0.398. The van der Waals surface area contributed by atoms with Gasteiger partial charge in [0.15, 0.2) is 0 Å². The summed E-state index contributed by atoms with van der Waals surface area (Å²) in [4.78, 5) is 4.51. The highest BCUT2D eigenvalue weighted by Crippen LogP contribution is 2.19. The number of fused-ring (bicyclic) bond motifs is 1. The van der Waals surface area contributed by atoms with Crippen LogP contribution in [-0.4, -0.2) is 11.9 Å². The third-order valence-corrected chi connectivity index (χ3v) is 2.07. The third kappa shape index (κ3) is 1.09. The lowest BCUT2D eigenvalue weighted by molar-refractivity contribution is 0.784. The summed E-state index contributed by atoms with van der Waals surface area (Å²) in [6.07, 6.45) is 8.43. The quantitative estimate of drug-likeness (QED) is 0.600. The van der Waals surface area contributed by atoms with Gasteiger partial charge < -0.3 is 5.32 Å². The fourth-order valence-corrected chi connectivity index (χ4v) is 1.43. The van der Waals surface area contributed by atoms with Crippen molar-refractivity contribution in [1.82, 2.24) is 5.32 Å². The molecule has 0 radical (unpaired) electrons. The van der Waals surface area contributed by atoms with Crippen LogP contribution in [0.15, 0.2) is 28.9 Å². The maximum Gasteiger partial charge on any atom is 0.101 e. The summed E-state index contributed by atoms with van der Waals surface area (Å²) < 4.78 is 0. The fourth-order valence-electron chi connectivity index (χ4n) is 1.43. The van der Waals surface area contributed by atoms with Gasteiger partial charge in [-0.05, 0) is 12.5 Å². The van der Waals surface area contributed by atoms with Crippen molar-refractivity contribution in [2.75, 3.05) is 0 Å². The molecule has 1 N–H and O–H groups in total. The zero-order chi connectivity index (χ0) is 7.68. The summed E-state index contributed by atoms with van der Waals surface area (Å²) in [6.45, 7) is 2.12. The summed E-state index contributed by atoms with van der Waals surface area (Å²) in [7, 11) is 0. The first-order valence-electron chi connectivity index (χ1n) is 4.10. The summed E-state index contributed by atoms with van der Waals surface area (Å²) in [5.74, 6) is 1.13. The standard InChI is InChI=1S/C9H12N2/c1-2-9-10-7-5-3-4-6-8(7)11-9/h3-5,8H,2,6H2,1H3,(H,10,11). The van der Waals surface area contributed by atoms with Gasteiger partial charge in [0, 0.05) is 12.1 Å². The Labute approximate surface area is 66.7 Å². The van der Waals surface area contributed by atoms with Gasteiger partial charge >= 0.3 is 0 Å². The maximum atomic E-state index is 4.51. The van der Waals surface area contributed by atoms with E-state index in [0.717, 1.165) is 18.7 Å². The second-order valence-electron chi connectivity index (χ2n) is 2.86. The number of nitrogens with one attached hydrogen (secondary N) is 1. The molecule has 2 rings (SSSR count). The van der Waals surface area contributed by atoms with Crippen LogP contribution in [-0.2, 0) is 0 Å². The number of hydrogen-bond acceptors (Lipinski definition) is 2. The Balaban J connectivity index is 2.19. The molecule has 0 amide bonds. The molecule has 0 aromatic rings. The molecule has 0 aromatic carbocycles. The van der Waals surface area contributed by atoms with Crippen molar-refractivity contribution < 1.29 is 0 Å². The van der Waals surface area contributed by atoms with E-state index in [1.54, 1.807) is 0 Å². The van der Waals surface area contributed by atoms with Gasteiger partial charge in [0.05, 0.1) is 6.04 Å². The van der Waals surface area contributed by atoms with E-state index in [4.69, 9.17) is 0 Å². The lowest BCUT2D eigenvalue weighted by Gasteiger charge is -2.09. The predicted octanol–water partition coefficient (Wildman–Crippen LogP) is 1.61. The van der Waals surface area contributed by atoms with Crippen LogP contribution in [0.4, 0.5) is 0 Å². The molecule has 0 saturated heterocycles. The van der Waals surface area contributed by atoms with Crippen LogP contribution in [0.5, 0.6) is 0 Å². The molecule has 2 aliphatic rings. The van der Waals surface area contributed by atoms with Crippen LogP contribution in [0, 0.1) is 0 Å². The van der Waals surface area contributed by atoms with E-state index >= 15 is 0 Å². The Hall–Kier alpha value is -1.05. The zero-order valence-electron chi connectivity index (χ0n) is 6.67. The van der Waals surface area contributed by atoms with Gasteiger partial charge in [0.1, 0.15) is 5.84 Å². The maximum absolute atomic E-state index is 4.51. The van der Waals surface area contributed by atoms with Crippen molar-refractivity contribution in [3.8, 4) is 0 Å². The summed E-state index contributed by atoms with van der Waals surface area (Å²) in [5.41, 5.74) is 1.27. The zero-order valence-corrected chi connectivity index (χ0v) is 6.67. The molecule has 0 saturated carbocycles. The Morgan fingerprint density at radius 2 is 2.64 bits per heavy atom. The van der Waals surface area contributed by atoms with E-state index in [1.165, 1.54) is 5.70 Å². The van der Waals surface area contributed by atoms with E-state index in [1.807, 2.05) is 0 Å². The van der Waals surface area contributed by atoms with E-state index in [-0.39, 0.29) is 0 Å². The van der Waals surface area contributed by atoms with Crippen LogP contribution in [0.2, 0.25) is 0 Å². The van der Waals surface area contributed by atoms with Crippen LogP contribution >= 0.6 is 0 Å². The number of amidine groups is 1.